The second-order valence-electron chi connectivity index (χ2n) is 4.59. The van der Waals surface area contributed by atoms with Crippen molar-refractivity contribution in [2.45, 2.75) is 0 Å². The Hall–Kier alpha value is -3.55. The zero-order valence-electron chi connectivity index (χ0n) is 11.9. The van der Waals surface area contributed by atoms with E-state index in [-0.39, 0.29) is 11.5 Å². The van der Waals surface area contributed by atoms with Crippen LogP contribution in [0.25, 0.3) is 5.52 Å². The molecule has 0 radical (unpaired) electrons. The van der Waals surface area contributed by atoms with Crippen LogP contribution in [0.1, 0.15) is 0 Å². The van der Waals surface area contributed by atoms with Crippen molar-refractivity contribution >= 4 is 28.6 Å². The van der Waals surface area contributed by atoms with Gasteiger partial charge in [-0.3, -0.25) is 19.8 Å². The van der Waals surface area contributed by atoms with E-state index in [4.69, 9.17) is 0 Å². The van der Waals surface area contributed by atoms with Crippen LogP contribution >= 0.6 is 0 Å². The predicted molar refractivity (Wildman–Crippen MR) is 83.4 cm³/mol. The fourth-order valence-corrected chi connectivity index (χ4v) is 2.16. The second kappa shape index (κ2) is 5.68. The van der Waals surface area contributed by atoms with Crippen LogP contribution in [0.2, 0.25) is 0 Å². The average molecular weight is 309 g/mol. The number of carbonyl (C=O) groups excluding carboxylic acids is 1. The van der Waals surface area contributed by atoms with Gasteiger partial charge in [0.2, 0.25) is 0 Å². The number of hydrogen-bond donors (Lipinski definition) is 0. The summed E-state index contributed by atoms with van der Waals surface area (Å²) in [6.45, 7) is 3.47. The van der Waals surface area contributed by atoms with Crippen LogP contribution in [0.5, 0.6) is 0 Å². The Labute approximate surface area is 130 Å². The molecular formula is C15H11N5O3. The van der Waals surface area contributed by atoms with E-state index in [2.05, 4.69) is 16.7 Å². The molecule has 3 rings (SSSR count). The summed E-state index contributed by atoms with van der Waals surface area (Å²) in [6, 6.07) is 7.68. The van der Waals surface area contributed by atoms with E-state index in [0.29, 0.717) is 5.69 Å². The summed E-state index contributed by atoms with van der Waals surface area (Å²) < 4.78 is 1.64. The molecule has 0 aromatic carbocycles. The molecule has 0 fully saturated rings. The van der Waals surface area contributed by atoms with Crippen LogP contribution in [0, 0.1) is 10.1 Å². The monoisotopic (exact) mass is 309 g/mol. The number of amides is 1. The van der Waals surface area contributed by atoms with Crippen molar-refractivity contribution in [3.8, 4) is 0 Å². The van der Waals surface area contributed by atoms with Crippen molar-refractivity contribution < 1.29 is 9.72 Å². The number of rotatable bonds is 4. The maximum absolute atomic E-state index is 12.2. The number of fused-ring (bicyclic) bond motifs is 1. The van der Waals surface area contributed by atoms with Crippen LogP contribution in [-0.4, -0.2) is 25.4 Å². The first-order chi connectivity index (χ1) is 11.1. The van der Waals surface area contributed by atoms with Gasteiger partial charge in [0.15, 0.2) is 0 Å². The van der Waals surface area contributed by atoms with Crippen LogP contribution in [0.3, 0.4) is 0 Å². The van der Waals surface area contributed by atoms with E-state index in [1.165, 1.54) is 23.2 Å². The highest BCUT2D eigenvalue weighted by atomic mass is 16.6. The molecule has 0 bridgehead atoms. The summed E-state index contributed by atoms with van der Waals surface area (Å²) in [6.07, 6.45) is 5.73. The van der Waals surface area contributed by atoms with Gasteiger partial charge in [0.1, 0.15) is 5.82 Å². The van der Waals surface area contributed by atoms with Crippen LogP contribution in [0.4, 0.5) is 17.2 Å². The zero-order valence-corrected chi connectivity index (χ0v) is 11.9. The first kappa shape index (κ1) is 14.4. The molecule has 8 nitrogen and oxygen atoms in total. The number of nitro groups is 1. The molecule has 0 atom stereocenters. The molecule has 23 heavy (non-hydrogen) atoms. The average Bonchev–Trinajstić information content (AvgIpc) is 3.03. The van der Waals surface area contributed by atoms with E-state index in [1.54, 1.807) is 35.1 Å². The molecule has 1 amide bonds. The fraction of sp³-hybridized carbons (Fsp3) is 0. The first-order valence-corrected chi connectivity index (χ1v) is 6.60. The molecule has 0 unspecified atom stereocenters. The minimum Gasteiger partial charge on any atom is -0.269 e. The van der Waals surface area contributed by atoms with Crippen molar-refractivity contribution in [2.75, 3.05) is 4.90 Å². The molecule has 0 aliphatic carbocycles. The Morgan fingerprint density at radius 3 is 2.87 bits per heavy atom. The number of anilines is 2. The van der Waals surface area contributed by atoms with E-state index in [1.807, 2.05) is 0 Å². The first-order valence-electron chi connectivity index (χ1n) is 6.60. The fourth-order valence-electron chi connectivity index (χ4n) is 2.16. The summed E-state index contributed by atoms with van der Waals surface area (Å²) in [5.41, 5.74) is 1.13. The topological polar surface area (TPSA) is 93.6 Å². The van der Waals surface area contributed by atoms with Crippen LogP contribution in [-0.2, 0) is 4.79 Å². The lowest BCUT2D eigenvalue weighted by molar-refractivity contribution is -0.384. The van der Waals surface area contributed by atoms with Gasteiger partial charge >= 0.3 is 0 Å². The van der Waals surface area contributed by atoms with Gasteiger partial charge in [0.25, 0.3) is 11.6 Å². The molecule has 0 N–H and O–H groups in total. The minimum atomic E-state index is -0.540. The maximum atomic E-state index is 12.2. The van der Waals surface area contributed by atoms with Crippen LogP contribution < -0.4 is 4.90 Å². The Morgan fingerprint density at radius 1 is 1.30 bits per heavy atom. The van der Waals surface area contributed by atoms with Crippen molar-refractivity contribution in [1.82, 2.24) is 14.6 Å². The third kappa shape index (κ3) is 2.64. The van der Waals surface area contributed by atoms with Crippen LogP contribution in [0.15, 0.2) is 61.6 Å². The number of pyridine rings is 2. The molecule has 3 heterocycles. The highest BCUT2D eigenvalue weighted by Gasteiger charge is 2.20. The third-order valence-electron chi connectivity index (χ3n) is 3.21. The molecule has 8 heteroatoms. The van der Waals surface area contributed by atoms with E-state index < -0.39 is 10.8 Å². The number of hydrogen-bond acceptors (Lipinski definition) is 5. The van der Waals surface area contributed by atoms with Gasteiger partial charge in [0, 0.05) is 24.7 Å². The summed E-state index contributed by atoms with van der Waals surface area (Å²) in [5.74, 6) is -0.296. The van der Waals surface area contributed by atoms with Crippen molar-refractivity contribution in [3.63, 3.8) is 0 Å². The number of aromatic nitrogens is 3. The molecule has 0 saturated heterocycles. The smallest absolute Gasteiger partial charge is 0.269 e. The Bertz CT molecular complexity index is 918. The summed E-state index contributed by atoms with van der Waals surface area (Å²) in [4.78, 5) is 28.0. The van der Waals surface area contributed by atoms with Gasteiger partial charge < -0.3 is 0 Å². The van der Waals surface area contributed by atoms with Gasteiger partial charge in [-0.2, -0.15) is 5.10 Å². The molecule has 0 aliphatic rings. The molecular weight excluding hydrogens is 298 g/mol. The van der Waals surface area contributed by atoms with Gasteiger partial charge in [0.05, 0.1) is 22.2 Å². The lowest BCUT2D eigenvalue weighted by Crippen LogP contribution is -2.24. The Kier molecular flexibility index (Phi) is 3.55. The summed E-state index contributed by atoms with van der Waals surface area (Å²) in [7, 11) is 0. The standard InChI is InChI=1S/C15H11N5O3/c1-2-15(21)19(14-10-13(20(22)23)3-6-16-14)12-5-8-18-11(9-12)4-7-17-18/h2-10H,1H2. The summed E-state index contributed by atoms with van der Waals surface area (Å²) in [5, 5.41) is 15.0. The van der Waals surface area contributed by atoms with Gasteiger partial charge in [-0.05, 0) is 24.3 Å². The van der Waals surface area contributed by atoms with Crippen molar-refractivity contribution in [1.29, 1.82) is 0 Å². The zero-order chi connectivity index (χ0) is 16.4. The lowest BCUT2D eigenvalue weighted by Gasteiger charge is -2.20. The normalized spacial score (nSPS) is 10.4. The molecule has 0 spiro atoms. The third-order valence-corrected chi connectivity index (χ3v) is 3.21. The minimum absolute atomic E-state index is 0.146. The molecule has 0 aliphatic heterocycles. The molecule has 3 aromatic rings. The van der Waals surface area contributed by atoms with Crippen molar-refractivity contribution in [3.05, 3.63) is 71.7 Å². The molecule has 3 aromatic heterocycles. The SMILES string of the molecule is C=CC(=O)N(c1ccn2nccc2c1)c1cc([N+](=O)[O-])ccn1. The predicted octanol–water partition coefficient (Wildman–Crippen LogP) is 2.49. The number of nitrogens with zero attached hydrogens (tertiary/aromatic N) is 5. The molecule has 114 valence electrons. The van der Waals surface area contributed by atoms with Gasteiger partial charge in [-0.15, -0.1) is 0 Å². The highest BCUT2D eigenvalue weighted by Crippen LogP contribution is 2.27. The summed E-state index contributed by atoms with van der Waals surface area (Å²) >= 11 is 0. The molecule has 0 saturated carbocycles. The number of carbonyl (C=O) groups is 1. The highest BCUT2D eigenvalue weighted by molar-refractivity contribution is 6.06. The quantitative estimate of drug-likeness (QED) is 0.419. The van der Waals surface area contributed by atoms with E-state index >= 15 is 0 Å². The largest absolute Gasteiger partial charge is 0.274 e. The van der Waals surface area contributed by atoms with E-state index in [9.17, 15) is 14.9 Å². The Balaban J connectivity index is 2.14. The Morgan fingerprint density at radius 2 is 2.13 bits per heavy atom. The van der Waals surface area contributed by atoms with E-state index in [0.717, 1.165) is 11.6 Å². The van der Waals surface area contributed by atoms with Gasteiger partial charge in [-0.1, -0.05) is 6.58 Å². The second-order valence-corrected chi connectivity index (χ2v) is 4.59. The van der Waals surface area contributed by atoms with Crippen molar-refractivity contribution in [2.24, 2.45) is 0 Å². The van der Waals surface area contributed by atoms with Gasteiger partial charge in [-0.25, -0.2) is 9.50 Å². The maximum Gasteiger partial charge on any atom is 0.274 e. The lowest BCUT2D eigenvalue weighted by atomic mass is 10.2.